The summed E-state index contributed by atoms with van der Waals surface area (Å²) in [6, 6.07) is 26.6. The number of nitrogens with zero attached hydrogens (tertiary/aromatic N) is 2. The van der Waals surface area contributed by atoms with E-state index < -0.39 is 0 Å². The lowest BCUT2D eigenvalue weighted by Crippen LogP contribution is -1.93. The second-order valence-electron chi connectivity index (χ2n) is 4.87. The molecule has 0 heterocycles. The van der Waals surface area contributed by atoms with Gasteiger partial charge in [0.05, 0.1) is 5.56 Å². The highest BCUT2D eigenvalue weighted by molar-refractivity contribution is 5.71. The molecule has 0 saturated carbocycles. The van der Waals surface area contributed by atoms with Crippen LogP contribution in [0.3, 0.4) is 0 Å². The number of para-hydroxylation sites is 1. The van der Waals surface area contributed by atoms with E-state index in [2.05, 4.69) is 0 Å². The van der Waals surface area contributed by atoms with Gasteiger partial charge in [0.1, 0.15) is 29.2 Å². The molecule has 0 aliphatic carbocycles. The van der Waals surface area contributed by atoms with E-state index in [0.29, 0.717) is 17.1 Å². The van der Waals surface area contributed by atoms with Gasteiger partial charge in [-0.1, -0.05) is 54.6 Å². The van der Waals surface area contributed by atoms with Crippen LogP contribution in [0, 0.1) is 22.7 Å². The Bertz CT molecular complexity index is 918. The lowest BCUT2D eigenvalue weighted by atomic mass is 10.0. The first-order valence-corrected chi connectivity index (χ1v) is 7.09. The Morgan fingerprint density at radius 1 is 0.652 bits per heavy atom. The predicted octanol–water partition coefficient (Wildman–Crippen LogP) is 4.89. The van der Waals surface area contributed by atoms with Crippen molar-refractivity contribution in [1.82, 2.24) is 0 Å². The van der Waals surface area contributed by atoms with Crippen LogP contribution < -0.4 is 4.74 Å². The molecule has 0 radical (unpaired) electrons. The molecule has 23 heavy (non-hydrogen) atoms. The van der Waals surface area contributed by atoms with Gasteiger partial charge in [0.15, 0.2) is 0 Å². The first-order valence-electron chi connectivity index (χ1n) is 7.09. The molecule has 3 heteroatoms. The van der Waals surface area contributed by atoms with E-state index in [-0.39, 0.29) is 5.56 Å². The molecule has 3 aromatic carbocycles. The summed E-state index contributed by atoms with van der Waals surface area (Å²) in [5.41, 5.74) is 2.51. The summed E-state index contributed by atoms with van der Waals surface area (Å²) < 4.78 is 5.95. The molecule has 3 aromatic rings. The highest BCUT2D eigenvalue weighted by Crippen LogP contribution is 2.34. The Kier molecular flexibility index (Phi) is 4.05. The zero-order valence-electron chi connectivity index (χ0n) is 12.2. The molecule has 0 bridgehead atoms. The van der Waals surface area contributed by atoms with Gasteiger partial charge in [-0.15, -0.1) is 0 Å². The third kappa shape index (κ3) is 2.90. The average Bonchev–Trinajstić information content (AvgIpc) is 2.62. The molecular weight excluding hydrogens is 284 g/mol. The molecule has 3 nitrogen and oxygen atoms in total. The van der Waals surface area contributed by atoms with Gasteiger partial charge in [-0.2, -0.15) is 10.5 Å². The lowest BCUT2D eigenvalue weighted by molar-refractivity contribution is 0.482. The van der Waals surface area contributed by atoms with Crippen LogP contribution in [0.4, 0.5) is 0 Å². The largest absolute Gasteiger partial charge is 0.455 e. The minimum absolute atomic E-state index is 0.248. The number of hydrogen-bond acceptors (Lipinski definition) is 3. The van der Waals surface area contributed by atoms with Crippen molar-refractivity contribution in [2.45, 2.75) is 0 Å². The van der Waals surface area contributed by atoms with Crippen LogP contribution in [-0.2, 0) is 0 Å². The number of rotatable bonds is 3. The second-order valence-corrected chi connectivity index (χ2v) is 4.87. The lowest BCUT2D eigenvalue weighted by Gasteiger charge is -2.12. The average molecular weight is 296 g/mol. The molecule has 3 rings (SSSR count). The quantitative estimate of drug-likeness (QED) is 0.691. The van der Waals surface area contributed by atoms with Crippen LogP contribution in [0.2, 0.25) is 0 Å². The number of benzene rings is 3. The zero-order chi connectivity index (χ0) is 16.1. The Hall–Kier alpha value is -3.56. The molecule has 0 N–H and O–H groups in total. The van der Waals surface area contributed by atoms with E-state index in [9.17, 15) is 5.26 Å². The van der Waals surface area contributed by atoms with Crippen molar-refractivity contribution in [3.05, 3.63) is 83.9 Å². The van der Waals surface area contributed by atoms with Gasteiger partial charge >= 0.3 is 0 Å². The third-order valence-electron chi connectivity index (χ3n) is 3.45. The molecule has 0 atom stereocenters. The summed E-state index contributed by atoms with van der Waals surface area (Å²) >= 11 is 0. The van der Waals surface area contributed by atoms with Crippen LogP contribution in [0.25, 0.3) is 11.1 Å². The minimum Gasteiger partial charge on any atom is -0.455 e. The third-order valence-corrected chi connectivity index (χ3v) is 3.45. The highest BCUT2D eigenvalue weighted by Gasteiger charge is 2.12. The maximum Gasteiger partial charge on any atom is 0.146 e. The molecule has 0 fully saturated rings. The van der Waals surface area contributed by atoms with Gasteiger partial charge in [-0.05, 0) is 23.8 Å². The maximum atomic E-state index is 9.31. The standard InChI is InChI=1S/C20H12N2O/c21-13-16-9-6-12-20(18(16)14-22)23-19-11-5-4-10-17(19)15-7-2-1-3-8-15/h1-12H. The molecular formula is C20H12N2O. The molecule has 0 spiro atoms. The summed E-state index contributed by atoms with van der Waals surface area (Å²) in [6.07, 6.45) is 0. The van der Waals surface area contributed by atoms with Gasteiger partial charge in [0.25, 0.3) is 0 Å². The number of ether oxygens (including phenoxy) is 1. The fraction of sp³-hybridized carbons (Fsp3) is 0. The normalized spacial score (nSPS) is 9.65. The van der Waals surface area contributed by atoms with E-state index in [0.717, 1.165) is 11.1 Å². The highest BCUT2D eigenvalue weighted by atomic mass is 16.5. The van der Waals surface area contributed by atoms with E-state index >= 15 is 0 Å². The van der Waals surface area contributed by atoms with Crippen LogP contribution in [-0.4, -0.2) is 0 Å². The van der Waals surface area contributed by atoms with E-state index in [1.807, 2.05) is 66.7 Å². The van der Waals surface area contributed by atoms with Crippen LogP contribution >= 0.6 is 0 Å². The van der Waals surface area contributed by atoms with Crippen molar-refractivity contribution >= 4 is 0 Å². The number of nitriles is 2. The van der Waals surface area contributed by atoms with Crippen molar-refractivity contribution in [2.75, 3.05) is 0 Å². The molecule has 0 amide bonds. The summed E-state index contributed by atoms with van der Waals surface area (Å²) in [6.45, 7) is 0. The first-order chi connectivity index (χ1) is 11.3. The second kappa shape index (κ2) is 6.47. The fourth-order valence-electron chi connectivity index (χ4n) is 2.35. The number of hydrogen-bond donors (Lipinski definition) is 0. The minimum atomic E-state index is 0.248. The van der Waals surface area contributed by atoms with Crippen molar-refractivity contribution < 1.29 is 4.74 Å². The summed E-state index contributed by atoms with van der Waals surface area (Å²) in [5, 5.41) is 18.4. The SMILES string of the molecule is N#Cc1cccc(Oc2ccccc2-c2ccccc2)c1C#N. The van der Waals surface area contributed by atoms with Crippen molar-refractivity contribution in [1.29, 1.82) is 10.5 Å². The van der Waals surface area contributed by atoms with E-state index in [4.69, 9.17) is 10.00 Å². The van der Waals surface area contributed by atoms with Gasteiger partial charge in [0.2, 0.25) is 0 Å². The molecule has 0 unspecified atom stereocenters. The van der Waals surface area contributed by atoms with Crippen molar-refractivity contribution in [2.24, 2.45) is 0 Å². The van der Waals surface area contributed by atoms with Crippen molar-refractivity contribution in [3.8, 4) is 34.8 Å². The topological polar surface area (TPSA) is 56.8 Å². The molecule has 0 saturated heterocycles. The maximum absolute atomic E-state index is 9.31. The monoisotopic (exact) mass is 296 g/mol. The van der Waals surface area contributed by atoms with Gasteiger partial charge in [-0.3, -0.25) is 0 Å². The molecule has 0 aromatic heterocycles. The molecule has 108 valence electrons. The fourth-order valence-corrected chi connectivity index (χ4v) is 2.35. The molecule has 0 aliphatic rings. The van der Waals surface area contributed by atoms with E-state index in [1.165, 1.54) is 0 Å². The summed E-state index contributed by atoms with van der Waals surface area (Å²) in [7, 11) is 0. The van der Waals surface area contributed by atoms with Gasteiger partial charge < -0.3 is 4.74 Å². The Balaban J connectivity index is 2.07. The van der Waals surface area contributed by atoms with Crippen molar-refractivity contribution in [3.63, 3.8) is 0 Å². The van der Waals surface area contributed by atoms with Crippen LogP contribution in [0.15, 0.2) is 72.8 Å². The Morgan fingerprint density at radius 3 is 2.09 bits per heavy atom. The molecule has 0 aliphatic heterocycles. The van der Waals surface area contributed by atoms with Gasteiger partial charge in [-0.25, -0.2) is 0 Å². The Morgan fingerprint density at radius 2 is 1.35 bits per heavy atom. The Labute approximate surface area is 134 Å². The first kappa shape index (κ1) is 14.4. The summed E-state index contributed by atoms with van der Waals surface area (Å²) in [5.74, 6) is 1.03. The van der Waals surface area contributed by atoms with Crippen LogP contribution in [0.1, 0.15) is 11.1 Å². The smallest absolute Gasteiger partial charge is 0.146 e. The van der Waals surface area contributed by atoms with Crippen LogP contribution in [0.5, 0.6) is 11.5 Å². The predicted molar refractivity (Wildman–Crippen MR) is 87.8 cm³/mol. The zero-order valence-corrected chi connectivity index (χ0v) is 12.2. The van der Waals surface area contributed by atoms with E-state index in [1.54, 1.807) is 18.2 Å². The van der Waals surface area contributed by atoms with Gasteiger partial charge in [0, 0.05) is 5.56 Å². The summed E-state index contributed by atoms with van der Waals surface area (Å²) in [4.78, 5) is 0.